The van der Waals surface area contributed by atoms with E-state index in [1.54, 1.807) is 4.90 Å². The van der Waals surface area contributed by atoms with E-state index in [1.807, 2.05) is 136 Å². The number of para-hydroxylation sites is 1. The molecule has 0 aliphatic carbocycles. The molecular weight excluding hydrogens is 699 g/mol. The summed E-state index contributed by atoms with van der Waals surface area (Å²) < 4.78 is 17.1. The Hall–Kier alpha value is -6.08. The topological polar surface area (TPSA) is 150 Å². The number of nitrogens with zero attached hydrogens (tertiary/aromatic N) is 5. The Morgan fingerprint density at radius 2 is 1.49 bits per heavy atom. The average Bonchev–Trinajstić information content (AvgIpc) is 3.65. The third-order valence-corrected chi connectivity index (χ3v) is 9.23. The SMILES string of the molecule is COC(=O)N[C@H](C(=O)Nc1ccccc1CC[C@@H]1CN(C(=O)OC(C)(C)C)[C@H](c2nnn(Cc3ccccc3)n2)CO1)C(c1ccccc1)c1ccccc1. The third-order valence-electron chi connectivity index (χ3n) is 9.23. The number of hydrogen-bond donors (Lipinski definition) is 2. The summed E-state index contributed by atoms with van der Waals surface area (Å²) in [6.07, 6.45) is -0.501. The zero-order valence-electron chi connectivity index (χ0n) is 31.5. The maximum Gasteiger partial charge on any atom is 0.411 e. The van der Waals surface area contributed by atoms with Crippen molar-refractivity contribution < 1.29 is 28.6 Å². The first-order valence-corrected chi connectivity index (χ1v) is 18.3. The molecule has 3 atom stereocenters. The van der Waals surface area contributed by atoms with Gasteiger partial charge >= 0.3 is 12.2 Å². The van der Waals surface area contributed by atoms with E-state index in [9.17, 15) is 14.4 Å². The molecule has 13 heteroatoms. The lowest BCUT2D eigenvalue weighted by Crippen LogP contribution is -2.49. The van der Waals surface area contributed by atoms with E-state index in [4.69, 9.17) is 14.2 Å². The first kappa shape index (κ1) is 38.6. The van der Waals surface area contributed by atoms with Crippen LogP contribution in [0.25, 0.3) is 0 Å². The van der Waals surface area contributed by atoms with Gasteiger partial charge in [0.2, 0.25) is 5.91 Å². The first-order valence-electron chi connectivity index (χ1n) is 18.3. The van der Waals surface area contributed by atoms with Crippen LogP contribution < -0.4 is 10.6 Å². The highest BCUT2D eigenvalue weighted by Crippen LogP contribution is 2.31. The van der Waals surface area contributed by atoms with Crippen molar-refractivity contribution >= 4 is 23.8 Å². The Bertz CT molecular complexity index is 1980. The van der Waals surface area contributed by atoms with Gasteiger partial charge in [-0.2, -0.15) is 4.80 Å². The number of tetrazole rings is 1. The van der Waals surface area contributed by atoms with Crippen LogP contribution in [-0.2, 0) is 32.0 Å². The number of aromatic nitrogens is 4. The molecule has 0 radical (unpaired) electrons. The normalized spacial score (nSPS) is 16.3. The molecule has 4 aromatic carbocycles. The number of carbonyl (C=O) groups excluding carboxylic acids is 3. The highest BCUT2D eigenvalue weighted by Gasteiger charge is 2.38. The number of alkyl carbamates (subject to hydrolysis) is 1. The summed E-state index contributed by atoms with van der Waals surface area (Å²) in [6, 6.07) is 34.9. The third kappa shape index (κ3) is 10.3. The molecule has 2 heterocycles. The summed E-state index contributed by atoms with van der Waals surface area (Å²) in [5.41, 5.74) is 3.48. The Morgan fingerprint density at radius 3 is 2.13 bits per heavy atom. The number of hydrogen-bond acceptors (Lipinski definition) is 9. The highest BCUT2D eigenvalue weighted by molar-refractivity contribution is 5.98. The number of morpholine rings is 1. The van der Waals surface area contributed by atoms with Crippen molar-refractivity contribution in [2.75, 3.05) is 25.6 Å². The van der Waals surface area contributed by atoms with Gasteiger partial charge in [-0.3, -0.25) is 9.69 Å². The lowest BCUT2D eigenvalue weighted by atomic mass is 9.84. The summed E-state index contributed by atoms with van der Waals surface area (Å²) in [7, 11) is 1.27. The van der Waals surface area contributed by atoms with Crippen molar-refractivity contribution in [3.05, 3.63) is 143 Å². The number of aryl methyl sites for hydroxylation is 1. The van der Waals surface area contributed by atoms with E-state index in [0.29, 0.717) is 30.9 Å². The molecule has 0 bridgehead atoms. The van der Waals surface area contributed by atoms with Crippen molar-refractivity contribution in [1.29, 1.82) is 0 Å². The molecule has 1 aromatic heterocycles. The zero-order chi connectivity index (χ0) is 38.8. The van der Waals surface area contributed by atoms with Crippen LogP contribution in [0.15, 0.2) is 115 Å². The Labute approximate surface area is 321 Å². The van der Waals surface area contributed by atoms with Gasteiger partial charge in [0.05, 0.1) is 32.9 Å². The van der Waals surface area contributed by atoms with E-state index in [0.717, 1.165) is 22.3 Å². The van der Waals surface area contributed by atoms with Crippen molar-refractivity contribution in [3.8, 4) is 0 Å². The number of amides is 3. The smallest absolute Gasteiger partial charge is 0.411 e. The number of carbonyl (C=O) groups is 3. The minimum absolute atomic E-state index is 0.153. The summed E-state index contributed by atoms with van der Waals surface area (Å²) in [5.74, 6) is -0.547. The molecule has 1 fully saturated rings. The van der Waals surface area contributed by atoms with E-state index in [2.05, 4.69) is 26.0 Å². The predicted octanol–water partition coefficient (Wildman–Crippen LogP) is 6.53. The number of methoxy groups -OCH3 is 1. The van der Waals surface area contributed by atoms with Crippen molar-refractivity contribution in [2.45, 2.75) is 69.9 Å². The van der Waals surface area contributed by atoms with Gasteiger partial charge in [-0.05, 0) is 67.1 Å². The van der Waals surface area contributed by atoms with Gasteiger partial charge in [0, 0.05) is 11.6 Å². The van der Waals surface area contributed by atoms with Crippen LogP contribution in [0.2, 0.25) is 0 Å². The summed E-state index contributed by atoms with van der Waals surface area (Å²) >= 11 is 0. The maximum absolute atomic E-state index is 14.2. The quantitative estimate of drug-likeness (QED) is 0.145. The molecule has 0 spiro atoms. The summed E-state index contributed by atoms with van der Waals surface area (Å²) in [4.78, 5) is 43.6. The molecule has 0 unspecified atom stereocenters. The standard InChI is InChI=1S/C42H47N7O6/c1-42(2,3)55-41(52)48-27-33(54-28-35(48)38-45-47-49(46-38)26-29-16-8-5-9-17-29)25-24-30-18-14-15-23-34(30)43-39(50)37(44-40(51)53-4)36(31-19-10-6-11-20-31)32-21-12-7-13-22-32/h5-23,33,35-37H,24-28H2,1-4H3,(H,43,50)(H,44,51)/t33-,35+,37+/m1/s1. The fourth-order valence-electron chi connectivity index (χ4n) is 6.60. The van der Waals surface area contributed by atoms with Crippen molar-refractivity contribution in [2.24, 2.45) is 0 Å². The number of rotatable bonds is 12. The fraction of sp³-hybridized carbons (Fsp3) is 0.333. The van der Waals surface area contributed by atoms with Gasteiger partial charge in [-0.1, -0.05) is 109 Å². The molecule has 5 aromatic rings. The van der Waals surface area contributed by atoms with Crippen LogP contribution in [0.5, 0.6) is 0 Å². The lowest BCUT2D eigenvalue weighted by Gasteiger charge is -2.38. The monoisotopic (exact) mass is 745 g/mol. The van der Waals surface area contributed by atoms with Gasteiger partial charge in [0.1, 0.15) is 17.7 Å². The van der Waals surface area contributed by atoms with Gasteiger partial charge < -0.3 is 24.8 Å². The van der Waals surface area contributed by atoms with E-state index < -0.39 is 41.7 Å². The van der Waals surface area contributed by atoms with Gasteiger partial charge in [-0.15, -0.1) is 10.2 Å². The molecule has 286 valence electrons. The molecule has 0 saturated carbocycles. The highest BCUT2D eigenvalue weighted by atomic mass is 16.6. The van der Waals surface area contributed by atoms with E-state index in [-0.39, 0.29) is 19.3 Å². The second kappa shape index (κ2) is 17.8. The minimum atomic E-state index is -1.01. The lowest BCUT2D eigenvalue weighted by molar-refractivity contribution is -0.118. The van der Waals surface area contributed by atoms with Crippen LogP contribution >= 0.6 is 0 Å². The Morgan fingerprint density at radius 1 is 0.873 bits per heavy atom. The van der Waals surface area contributed by atoms with Crippen LogP contribution in [0.4, 0.5) is 15.3 Å². The van der Waals surface area contributed by atoms with Crippen LogP contribution in [-0.4, -0.2) is 81.2 Å². The molecule has 1 aliphatic heterocycles. The zero-order valence-corrected chi connectivity index (χ0v) is 31.5. The van der Waals surface area contributed by atoms with Gasteiger partial charge in [-0.25, -0.2) is 9.59 Å². The first-order chi connectivity index (χ1) is 26.6. The van der Waals surface area contributed by atoms with Crippen LogP contribution in [0.3, 0.4) is 0 Å². The summed E-state index contributed by atoms with van der Waals surface area (Å²) in [6.45, 7) is 6.30. The largest absolute Gasteiger partial charge is 0.453 e. The Balaban J connectivity index is 1.18. The number of anilines is 1. The Kier molecular flexibility index (Phi) is 12.5. The van der Waals surface area contributed by atoms with E-state index in [1.165, 1.54) is 11.9 Å². The predicted molar refractivity (Wildman–Crippen MR) is 206 cm³/mol. The fourth-order valence-corrected chi connectivity index (χ4v) is 6.60. The molecule has 55 heavy (non-hydrogen) atoms. The molecule has 3 amide bonds. The number of nitrogens with one attached hydrogen (secondary N) is 2. The van der Waals surface area contributed by atoms with Crippen LogP contribution in [0, 0.1) is 0 Å². The molecule has 2 N–H and O–H groups in total. The average molecular weight is 746 g/mol. The molecule has 1 saturated heterocycles. The second-order valence-electron chi connectivity index (χ2n) is 14.4. The molecule has 1 aliphatic rings. The van der Waals surface area contributed by atoms with Crippen LogP contribution in [0.1, 0.15) is 67.2 Å². The maximum atomic E-state index is 14.2. The number of benzene rings is 4. The van der Waals surface area contributed by atoms with Crippen molar-refractivity contribution in [1.82, 2.24) is 30.4 Å². The van der Waals surface area contributed by atoms with Gasteiger partial charge in [0.25, 0.3) is 0 Å². The van der Waals surface area contributed by atoms with E-state index >= 15 is 0 Å². The molecule has 13 nitrogen and oxygen atoms in total. The molecular formula is C42H47N7O6. The summed E-state index contributed by atoms with van der Waals surface area (Å²) in [5, 5.41) is 19.0. The second-order valence-corrected chi connectivity index (χ2v) is 14.4. The minimum Gasteiger partial charge on any atom is -0.453 e. The van der Waals surface area contributed by atoms with Crippen molar-refractivity contribution in [3.63, 3.8) is 0 Å². The number of ether oxygens (including phenoxy) is 3. The van der Waals surface area contributed by atoms with Gasteiger partial charge in [0.15, 0.2) is 5.82 Å². The molecule has 6 rings (SSSR count).